The number of hydrogen-bond acceptors (Lipinski definition) is 4. The van der Waals surface area contributed by atoms with Gasteiger partial charge in [-0.3, -0.25) is 0 Å². The monoisotopic (exact) mass is 399 g/mol. The fraction of sp³-hybridized carbons (Fsp3) is 0.500. The number of benzene rings is 1. The number of urea groups is 1. The van der Waals surface area contributed by atoms with Crippen LogP contribution in [0.15, 0.2) is 24.3 Å². The molecule has 1 aliphatic rings. The van der Waals surface area contributed by atoms with Gasteiger partial charge in [-0.2, -0.15) is 0 Å². The summed E-state index contributed by atoms with van der Waals surface area (Å²) in [5.41, 5.74) is 3.15. The molecule has 156 valence electrons. The number of rotatable bonds is 4. The van der Waals surface area contributed by atoms with Crippen molar-refractivity contribution < 1.29 is 9.18 Å². The topological polar surface area (TPSA) is 52.6 Å². The van der Waals surface area contributed by atoms with Crippen LogP contribution in [0.1, 0.15) is 42.4 Å². The highest BCUT2D eigenvalue weighted by Gasteiger charge is 2.26. The molecular weight excluding hydrogens is 369 g/mol. The zero-order chi connectivity index (χ0) is 21.1. The largest absolute Gasteiger partial charge is 0.353 e. The van der Waals surface area contributed by atoms with Gasteiger partial charge in [0.2, 0.25) is 0 Å². The predicted octanol–water partition coefficient (Wildman–Crippen LogP) is 3.44. The minimum Gasteiger partial charge on any atom is -0.353 e. The molecule has 0 saturated carbocycles. The number of aryl methyl sites for hydroxylation is 1. The van der Waals surface area contributed by atoms with Crippen molar-refractivity contribution in [2.45, 2.75) is 33.1 Å². The standard InChI is InChI=1S/C22H30FN5O/c1-15(2)20-19(14-17-6-8-18(23)9-7-17)21(25-16(3)24-20)27-10-12-28(13-11-27)22(29)26(4)5/h6-9,15H,10-14H2,1-5H3. The first-order valence-corrected chi connectivity index (χ1v) is 10.1. The summed E-state index contributed by atoms with van der Waals surface area (Å²) in [6.45, 7) is 8.96. The van der Waals surface area contributed by atoms with Crippen LogP contribution in [0.4, 0.5) is 15.0 Å². The molecule has 0 atom stereocenters. The minimum absolute atomic E-state index is 0.0397. The molecule has 0 N–H and O–H groups in total. The van der Waals surface area contributed by atoms with Gasteiger partial charge in [-0.15, -0.1) is 0 Å². The molecule has 6 nitrogen and oxygen atoms in total. The van der Waals surface area contributed by atoms with Gasteiger partial charge in [-0.05, 0) is 30.5 Å². The highest BCUT2D eigenvalue weighted by Crippen LogP contribution is 2.29. The SMILES string of the molecule is Cc1nc(C(C)C)c(Cc2ccc(F)cc2)c(N2CCN(C(=O)N(C)C)CC2)n1. The number of carbonyl (C=O) groups excluding carboxylic acids is 1. The quantitative estimate of drug-likeness (QED) is 0.790. The lowest BCUT2D eigenvalue weighted by atomic mass is 9.97. The van der Waals surface area contributed by atoms with Crippen molar-refractivity contribution in [1.29, 1.82) is 0 Å². The molecule has 2 heterocycles. The number of aromatic nitrogens is 2. The van der Waals surface area contributed by atoms with Gasteiger partial charge in [0.05, 0.1) is 5.69 Å². The number of halogens is 1. The Morgan fingerprint density at radius 3 is 2.28 bits per heavy atom. The molecule has 7 heteroatoms. The number of nitrogens with zero attached hydrogens (tertiary/aromatic N) is 5. The van der Waals surface area contributed by atoms with Crippen molar-refractivity contribution in [2.24, 2.45) is 0 Å². The van der Waals surface area contributed by atoms with E-state index < -0.39 is 0 Å². The van der Waals surface area contributed by atoms with Gasteiger partial charge in [0, 0.05) is 52.3 Å². The summed E-state index contributed by atoms with van der Waals surface area (Å²) in [6, 6.07) is 6.65. The van der Waals surface area contributed by atoms with Crippen molar-refractivity contribution >= 4 is 11.8 Å². The maximum absolute atomic E-state index is 13.3. The van der Waals surface area contributed by atoms with Crippen LogP contribution in [0, 0.1) is 12.7 Å². The predicted molar refractivity (Wildman–Crippen MR) is 113 cm³/mol. The van der Waals surface area contributed by atoms with Crippen molar-refractivity contribution in [3.63, 3.8) is 0 Å². The third kappa shape index (κ3) is 4.83. The highest BCUT2D eigenvalue weighted by molar-refractivity contribution is 5.74. The van der Waals surface area contributed by atoms with Gasteiger partial charge in [-0.1, -0.05) is 26.0 Å². The van der Waals surface area contributed by atoms with Crippen molar-refractivity contribution in [1.82, 2.24) is 19.8 Å². The van der Waals surface area contributed by atoms with E-state index in [2.05, 4.69) is 18.7 Å². The fourth-order valence-corrected chi connectivity index (χ4v) is 3.71. The molecule has 0 bridgehead atoms. The van der Waals surface area contributed by atoms with Gasteiger partial charge < -0.3 is 14.7 Å². The van der Waals surface area contributed by atoms with E-state index in [0.29, 0.717) is 19.5 Å². The smallest absolute Gasteiger partial charge is 0.319 e. The van der Waals surface area contributed by atoms with E-state index in [0.717, 1.165) is 41.6 Å². The van der Waals surface area contributed by atoms with Crippen LogP contribution in [0.3, 0.4) is 0 Å². The molecule has 0 spiro atoms. The van der Waals surface area contributed by atoms with Gasteiger partial charge in [0.15, 0.2) is 0 Å². The molecule has 0 unspecified atom stereocenters. The number of anilines is 1. The van der Waals surface area contributed by atoms with Crippen LogP contribution in [0.25, 0.3) is 0 Å². The van der Waals surface area contributed by atoms with E-state index in [4.69, 9.17) is 9.97 Å². The summed E-state index contributed by atoms with van der Waals surface area (Å²) in [5, 5.41) is 0. The van der Waals surface area contributed by atoms with Gasteiger partial charge in [0.25, 0.3) is 0 Å². The van der Waals surface area contributed by atoms with E-state index >= 15 is 0 Å². The first-order valence-electron chi connectivity index (χ1n) is 10.1. The van der Waals surface area contributed by atoms with Gasteiger partial charge >= 0.3 is 6.03 Å². The molecule has 0 aliphatic carbocycles. The van der Waals surface area contributed by atoms with Crippen LogP contribution in [0.5, 0.6) is 0 Å². The molecule has 1 saturated heterocycles. The van der Waals surface area contributed by atoms with Crippen LogP contribution in [-0.4, -0.2) is 66.1 Å². The summed E-state index contributed by atoms with van der Waals surface area (Å²) in [5.74, 6) is 1.70. The number of carbonyl (C=O) groups is 1. The molecule has 2 amide bonds. The van der Waals surface area contributed by atoms with Crippen LogP contribution in [0.2, 0.25) is 0 Å². The average molecular weight is 400 g/mol. The zero-order valence-corrected chi connectivity index (χ0v) is 17.9. The molecule has 1 aliphatic heterocycles. The summed E-state index contributed by atoms with van der Waals surface area (Å²) in [6.07, 6.45) is 0.653. The Kier molecular flexibility index (Phi) is 6.35. The molecule has 1 fully saturated rings. The molecule has 29 heavy (non-hydrogen) atoms. The summed E-state index contributed by atoms with van der Waals surface area (Å²) in [4.78, 5) is 27.5. The lowest BCUT2D eigenvalue weighted by Gasteiger charge is -2.37. The van der Waals surface area contributed by atoms with Gasteiger partial charge in [-0.25, -0.2) is 19.2 Å². The van der Waals surface area contributed by atoms with E-state index in [-0.39, 0.29) is 17.8 Å². The fourth-order valence-electron chi connectivity index (χ4n) is 3.71. The second kappa shape index (κ2) is 8.76. The normalized spacial score (nSPS) is 14.4. The molecule has 0 radical (unpaired) electrons. The Bertz CT molecular complexity index is 858. The lowest BCUT2D eigenvalue weighted by Crippen LogP contribution is -2.52. The molecule has 3 rings (SSSR count). The van der Waals surface area contributed by atoms with Crippen LogP contribution < -0.4 is 4.90 Å². The van der Waals surface area contributed by atoms with E-state index in [1.54, 1.807) is 19.0 Å². The lowest BCUT2D eigenvalue weighted by molar-refractivity contribution is 0.168. The molecule has 2 aromatic rings. The Labute approximate surface area is 172 Å². The zero-order valence-electron chi connectivity index (χ0n) is 17.9. The van der Waals surface area contributed by atoms with Crippen molar-refractivity contribution in [3.8, 4) is 0 Å². The third-order valence-electron chi connectivity index (χ3n) is 5.20. The average Bonchev–Trinajstić information content (AvgIpc) is 2.70. The van der Waals surface area contributed by atoms with Crippen molar-refractivity contribution in [2.75, 3.05) is 45.2 Å². The summed E-state index contributed by atoms with van der Waals surface area (Å²) in [7, 11) is 3.55. The Hall–Kier alpha value is -2.70. The Morgan fingerprint density at radius 2 is 1.72 bits per heavy atom. The van der Waals surface area contributed by atoms with E-state index in [1.165, 1.54) is 12.1 Å². The second-order valence-corrected chi connectivity index (χ2v) is 8.07. The molecule has 1 aromatic heterocycles. The number of piperazine rings is 1. The maximum Gasteiger partial charge on any atom is 0.319 e. The van der Waals surface area contributed by atoms with E-state index in [1.807, 2.05) is 24.0 Å². The first-order chi connectivity index (χ1) is 13.8. The number of amides is 2. The summed E-state index contributed by atoms with van der Waals surface area (Å²) < 4.78 is 13.3. The van der Waals surface area contributed by atoms with E-state index in [9.17, 15) is 9.18 Å². The van der Waals surface area contributed by atoms with Crippen molar-refractivity contribution in [3.05, 3.63) is 52.7 Å². The number of hydrogen-bond donors (Lipinski definition) is 0. The Morgan fingerprint density at radius 1 is 1.10 bits per heavy atom. The first kappa shape index (κ1) is 21.0. The van der Waals surface area contributed by atoms with Crippen LogP contribution >= 0.6 is 0 Å². The summed E-state index contributed by atoms with van der Waals surface area (Å²) >= 11 is 0. The maximum atomic E-state index is 13.3. The van der Waals surface area contributed by atoms with Crippen LogP contribution in [-0.2, 0) is 6.42 Å². The second-order valence-electron chi connectivity index (χ2n) is 8.07. The molecular formula is C22H30FN5O. The third-order valence-corrected chi connectivity index (χ3v) is 5.20. The van der Waals surface area contributed by atoms with Gasteiger partial charge in [0.1, 0.15) is 17.5 Å². The molecule has 1 aromatic carbocycles. The minimum atomic E-state index is -0.236. The Balaban J connectivity index is 1.91. The highest BCUT2D eigenvalue weighted by atomic mass is 19.1.